The summed E-state index contributed by atoms with van der Waals surface area (Å²) in [5, 5.41) is 11.2. The normalized spacial score (nSPS) is 12.4. The van der Waals surface area contributed by atoms with Gasteiger partial charge in [-0.3, -0.25) is 9.59 Å². The zero-order chi connectivity index (χ0) is 16.3. The molecule has 1 aromatic heterocycles. The number of hydrogen-bond donors (Lipinski definition) is 1. The van der Waals surface area contributed by atoms with Gasteiger partial charge in [-0.1, -0.05) is 19.1 Å². The number of ether oxygens (including phenoxy) is 1. The van der Waals surface area contributed by atoms with E-state index in [2.05, 4.69) is 4.74 Å². The predicted molar refractivity (Wildman–Crippen MR) is 87.4 cm³/mol. The van der Waals surface area contributed by atoms with Gasteiger partial charge in [-0.05, 0) is 30.4 Å². The molecule has 2 rings (SSSR count). The lowest BCUT2D eigenvalue weighted by Crippen LogP contribution is -2.08. The number of fused-ring (bicyclic) bond motifs is 1. The van der Waals surface area contributed by atoms with Gasteiger partial charge < -0.3 is 9.84 Å². The van der Waals surface area contributed by atoms with Gasteiger partial charge >= 0.3 is 5.97 Å². The largest absolute Gasteiger partial charge is 0.469 e. The van der Waals surface area contributed by atoms with Crippen LogP contribution in [0, 0.1) is 6.92 Å². The van der Waals surface area contributed by atoms with Crippen molar-refractivity contribution in [3.05, 3.63) is 34.2 Å². The summed E-state index contributed by atoms with van der Waals surface area (Å²) in [6, 6.07) is 5.94. The van der Waals surface area contributed by atoms with E-state index in [0.29, 0.717) is 16.9 Å². The molecule has 2 aromatic rings. The monoisotopic (exact) mass is 320 g/mol. The first kappa shape index (κ1) is 16.6. The number of hydrogen-bond acceptors (Lipinski definition) is 5. The van der Waals surface area contributed by atoms with Crippen molar-refractivity contribution in [2.45, 2.75) is 39.2 Å². The molecule has 118 valence electrons. The average molecular weight is 320 g/mol. The Morgan fingerprint density at radius 1 is 1.32 bits per heavy atom. The van der Waals surface area contributed by atoms with Crippen molar-refractivity contribution >= 4 is 33.2 Å². The molecule has 0 saturated heterocycles. The number of rotatable bonds is 6. The second-order valence-corrected chi connectivity index (χ2v) is 6.32. The molecule has 0 saturated carbocycles. The molecule has 0 aliphatic heterocycles. The van der Waals surface area contributed by atoms with E-state index in [4.69, 9.17) is 0 Å². The van der Waals surface area contributed by atoms with E-state index < -0.39 is 12.1 Å². The Hall–Kier alpha value is -1.72. The van der Waals surface area contributed by atoms with E-state index in [0.717, 1.165) is 15.6 Å². The maximum atomic E-state index is 12.5. The molecule has 0 radical (unpaired) electrons. The first-order valence-corrected chi connectivity index (χ1v) is 8.10. The Kier molecular flexibility index (Phi) is 5.32. The summed E-state index contributed by atoms with van der Waals surface area (Å²) in [7, 11) is 1.31. The van der Waals surface area contributed by atoms with Crippen LogP contribution in [0.3, 0.4) is 0 Å². The van der Waals surface area contributed by atoms with E-state index in [9.17, 15) is 14.7 Å². The van der Waals surface area contributed by atoms with E-state index in [1.165, 1.54) is 18.4 Å². The summed E-state index contributed by atoms with van der Waals surface area (Å²) in [5.41, 5.74) is 1.80. The van der Waals surface area contributed by atoms with Crippen LogP contribution < -0.4 is 0 Å². The summed E-state index contributed by atoms with van der Waals surface area (Å²) in [6.45, 7) is 3.87. The second kappa shape index (κ2) is 7.03. The number of thiophene rings is 1. The van der Waals surface area contributed by atoms with Crippen LogP contribution in [-0.4, -0.2) is 24.0 Å². The Balaban J connectivity index is 2.43. The fourth-order valence-electron chi connectivity index (χ4n) is 2.40. The van der Waals surface area contributed by atoms with Crippen LogP contribution in [0.1, 0.15) is 53.1 Å². The fraction of sp³-hybridized carbons (Fsp3) is 0.412. The molecule has 0 bridgehead atoms. The van der Waals surface area contributed by atoms with Crippen molar-refractivity contribution in [1.29, 1.82) is 0 Å². The number of aliphatic hydroxyl groups is 1. The Morgan fingerprint density at radius 3 is 2.68 bits per heavy atom. The Bertz CT molecular complexity index is 702. The zero-order valence-corrected chi connectivity index (χ0v) is 13.8. The van der Waals surface area contributed by atoms with Gasteiger partial charge in [0.15, 0.2) is 5.78 Å². The fourth-order valence-corrected chi connectivity index (χ4v) is 3.72. The van der Waals surface area contributed by atoms with Gasteiger partial charge in [0.2, 0.25) is 0 Å². The molecular formula is C17H20O4S. The summed E-state index contributed by atoms with van der Waals surface area (Å²) in [6.07, 6.45) is 0.0249. The highest BCUT2D eigenvalue weighted by Gasteiger charge is 2.23. The number of ketones is 1. The number of methoxy groups -OCH3 is 1. The minimum Gasteiger partial charge on any atom is -0.469 e. The van der Waals surface area contributed by atoms with Crippen LogP contribution in [0.2, 0.25) is 0 Å². The van der Waals surface area contributed by atoms with Gasteiger partial charge in [-0.2, -0.15) is 0 Å². The third-order valence-corrected chi connectivity index (χ3v) is 4.85. The second-order valence-electron chi connectivity index (χ2n) is 5.27. The van der Waals surface area contributed by atoms with Crippen molar-refractivity contribution < 1.29 is 19.4 Å². The number of aryl methyl sites for hydroxylation is 1. The highest BCUT2D eigenvalue weighted by atomic mass is 32.1. The van der Waals surface area contributed by atoms with Crippen molar-refractivity contribution in [1.82, 2.24) is 0 Å². The summed E-state index contributed by atoms with van der Waals surface area (Å²) in [5.74, 6) is -0.519. The number of carbonyl (C=O) groups excluding carboxylic acids is 2. The lowest BCUT2D eigenvalue weighted by molar-refractivity contribution is -0.140. The number of esters is 1. The molecular weight excluding hydrogens is 300 g/mol. The Morgan fingerprint density at radius 2 is 2.05 bits per heavy atom. The molecule has 0 fully saturated rings. The van der Waals surface area contributed by atoms with Gasteiger partial charge in [0.05, 0.1) is 24.5 Å². The SMILES string of the molecule is CCC(O)c1c(C(=O)CCC(=O)OC)sc2cc(C)ccc12. The van der Waals surface area contributed by atoms with Crippen LogP contribution in [0.5, 0.6) is 0 Å². The first-order chi connectivity index (χ1) is 10.5. The van der Waals surface area contributed by atoms with Gasteiger partial charge in [0.1, 0.15) is 0 Å². The first-order valence-electron chi connectivity index (χ1n) is 7.29. The highest BCUT2D eigenvalue weighted by Crippen LogP contribution is 2.37. The van der Waals surface area contributed by atoms with Gasteiger partial charge in [-0.25, -0.2) is 0 Å². The van der Waals surface area contributed by atoms with E-state index in [-0.39, 0.29) is 18.6 Å². The van der Waals surface area contributed by atoms with E-state index in [1.807, 2.05) is 32.0 Å². The molecule has 0 spiro atoms. The third-order valence-electron chi connectivity index (χ3n) is 3.64. The van der Waals surface area contributed by atoms with Gasteiger partial charge in [-0.15, -0.1) is 11.3 Å². The summed E-state index contributed by atoms with van der Waals surface area (Å²) >= 11 is 1.39. The minimum absolute atomic E-state index is 0.0598. The number of carbonyl (C=O) groups is 2. The van der Waals surface area contributed by atoms with Gasteiger partial charge in [0, 0.05) is 16.7 Å². The summed E-state index contributed by atoms with van der Waals surface area (Å²) < 4.78 is 5.56. The Labute approximate surface area is 133 Å². The molecule has 22 heavy (non-hydrogen) atoms. The third kappa shape index (κ3) is 3.36. The van der Waals surface area contributed by atoms with Gasteiger partial charge in [0.25, 0.3) is 0 Å². The predicted octanol–water partition coefficient (Wildman–Crippen LogP) is 3.79. The van der Waals surface area contributed by atoms with Crippen LogP contribution in [0.15, 0.2) is 18.2 Å². The average Bonchev–Trinajstić information content (AvgIpc) is 2.89. The molecule has 4 nitrogen and oxygen atoms in total. The summed E-state index contributed by atoms with van der Waals surface area (Å²) in [4.78, 5) is 24.2. The molecule has 1 N–H and O–H groups in total. The standard InChI is InChI=1S/C17H20O4S/c1-4-12(18)16-11-6-5-10(2)9-14(11)22-17(16)13(19)7-8-15(20)21-3/h5-6,9,12,18H,4,7-8H2,1-3H3. The van der Waals surface area contributed by atoms with E-state index in [1.54, 1.807) is 0 Å². The number of benzene rings is 1. The molecule has 0 aliphatic rings. The van der Waals surface area contributed by atoms with Crippen molar-refractivity contribution in [3.63, 3.8) is 0 Å². The topological polar surface area (TPSA) is 63.6 Å². The minimum atomic E-state index is -0.673. The van der Waals surface area contributed by atoms with Crippen LogP contribution in [0.25, 0.3) is 10.1 Å². The van der Waals surface area contributed by atoms with Crippen LogP contribution in [-0.2, 0) is 9.53 Å². The lowest BCUT2D eigenvalue weighted by atomic mass is 9.99. The van der Waals surface area contributed by atoms with Crippen molar-refractivity contribution in [2.24, 2.45) is 0 Å². The molecule has 1 aromatic carbocycles. The zero-order valence-electron chi connectivity index (χ0n) is 13.0. The maximum absolute atomic E-state index is 12.5. The van der Waals surface area contributed by atoms with Crippen molar-refractivity contribution in [3.8, 4) is 0 Å². The number of aliphatic hydroxyl groups excluding tert-OH is 1. The smallest absolute Gasteiger partial charge is 0.305 e. The maximum Gasteiger partial charge on any atom is 0.305 e. The highest BCUT2D eigenvalue weighted by molar-refractivity contribution is 7.21. The molecule has 5 heteroatoms. The molecule has 0 aliphatic carbocycles. The molecule has 1 heterocycles. The van der Waals surface area contributed by atoms with E-state index >= 15 is 0 Å². The van der Waals surface area contributed by atoms with Crippen LogP contribution in [0.4, 0.5) is 0 Å². The van der Waals surface area contributed by atoms with Crippen LogP contribution >= 0.6 is 11.3 Å². The quantitative estimate of drug-likeness (QED) is 0.650. The molecule has 1 unspecified atom stereocenters. The van der Waals surface area contributed by atoms with Crippen molar-refractivity contribution in [2.75, 3.05) is 7.11 Å². The number of Topliss-reactive ketones (excluding diaryl/α,β-unsaturated/α-hetero) is 1. The molecule has 0 amide bonds. The lowest BCUT2D eigenvalue weighted by Gasteiger charge is -2.10. The molecule has 1 atom stereocenters.